The van der Waals surface area contributed by atoms with Gasteiger partial charge in [-0.3, -0.25) is 9.59 Å². The summed E-state index contributed by atoms with van der Waals surface area (Å²) in [6.45, 7) is 4.06. The van der Waals surface area contributed by atoms with E-state index in [2.05, 4.69) is 4.57 Å². The maximum atomic E-state index is 12.0. The van der Waals surface area contributed by atoms with Crippen LogP contribution in [0.1, 0.15) is 35.3 Å². The quantitative estimate of drug-likeness (QED) is 0.520. The number of hydrogen-bond acceptors (Lipinski definition) is 4. The van der Waals surface area contributed by atoms with Crippen LogP contribution in [0, 0.1) is 6.92 Å². The molecule has 1 aromatic carbocycles. The molecule has 9 heteroatoms. The summed E-state index contributed by atoms with van der Waals surface area (Å²) in [4.78, 5) is 30.5. The lowest BCUT2D eigenvalue weighted by molar-refractivity contribution is -0.127. The highest BCUT2D eigenvalue weighted by molar-refractivity contribution is 7.13. The van der Waals surface area contributed by atoms with Gasteiger partial charge in [-0.2, -0.15) is 0 Å². The van der Waals surface area contributed by atoms with E-state index in [1.165, 1.54) is 11.3 Å². The molecule has 0 aliphatic carbocycles. The molecule has 1 aliphatic heterocycles. The highest BCUT2D eigenvalue weighted by atomic mass is 35.5. The minimum absolute atomic E-state index is 0.214. The zero-order chi connectivity index (χ0) is 22.1. The summed E-state index contributed by atoms with van der Waals surface area (Å²) >= 11 is 13.8. The van der Waals surface area contributed by atoms with Crippen molar-refractivity contribution in [3.63, 3.8) is 0 Å². The summed E-state index contributed by atoms with van der Waals surface area (Å²) in [6, 6.07) is 7.11. The van der Waals surface area contributed by atoms with Crippen LogP contribution in [0.2, 0.25) is 10.0 Å². The molecule has 1 aliphatic rings. The highest BCUT2D eigenvalue weighted by Gasteiger charge is 2.22. The van der Waals surface area contributed by atoms with Crippen LogP contribution in [0.15, 0.2) is 29.6 Å². The summed E-state index contributed by atoms with van der Waals surface area (Å²) in [7, 11) is 0. The summed E-state index contributed by atoms with van der Waals surface area (Å²) < 4.78 is 2.06. The van der Waals surface area contributed by atoms with Crippen LogP contribution in [0.4, 0.5) is 0 Å². The molecule has 31 heavy (non-hydrogen) atoms. The Hall–Kier alpha value is -2.35. The minimum atomic E-state index is -0.469. The fourth-order valence-corrected chi connectivity index (χ4v) is 5.34. The molecule has 0 bridgehead atoms. The van der Waals surface area contributed by atoms with Crippen LogP contribution in [-0.4, -0.2) is 39.4 Å². The van der Waals surface area contributed by atoms with Crippen molar-refractivity contribution < 1.29 is 9.59 Å². The molecule has 0 unspecified atom stereocenters. The lowest BCUT2D eigenvalue weighted by Crippen LogP contribution is -2.26. The topological polar surface area (TPSA) is 81.2 Å². The number of primary amides is 1. The summed E-state index contributed by atoms with van der Waals surface area (Å²) in [5, 5.41) is 3.82. The molecule has 3 heterocycles. The zero-order valence-electron chi connectivity index (χ0n) is 17.0. The molecular weight excluding hydrogens is 455 g/mol. The standard InChI is InChI=1S/C22H22Cl2N4O2S/c1-13-16(21(25)30)11-19(28(13)9-3-8-27-7-2-4-20(27)29)18-12-31-22(26-18)15-6-5-14(23)10-17(15)24/h5-6,10-12H,2-4,7-9H2,1H3,(H2,25,30). The molecular formula is C22H22Cl2N4O2S. The van der Waals surface area contributed by atoms with Gasteiger partial charge in [0.15, 0.2) is 0 Å². The first kappa shape index (κ1) is 21.9. The van der Waals surface area contributed by atoms with E-state index in [0.717, 1.165) is 47.0 Å². The van der Waals surface area contributed by atoms with E-state index in [-0.39, 0.29) is 5.91 Å². The van der Waals surface area contributed by atoms with E-state index in [4.69, 9.17) is 33.9 Å². The maximum Gasteiger partial charge on any atom is 0.250 e. The summed E-state index contributed by atoms with van der Waals surface area (Å²) in [5.41, 5.74) is 9.26. The number of aromatic nitrogens is 2. The summed E-state index contributed by atoms with van der Waals surface area (Å²) in [6.07, 6.45) is 2.34. The Kier molecular flexibility index (Phi) is 6.36. The Bertz CT molecular complexity index is 1150. The van der Waals surface area contributed by atoms with Gasteiger partial charge in [0.25, 0.3) is 5.91 Å². The highest BCUT2D eigenvalue weighted by Crippen LogP contribution is 2.35. The van der Waals surface area contributed by atoms with E-state index in [1.807, 2.05) is 23.3 Å². The Morgan fingerprint density at radius 3 is 2.74 bits per heavy atom. The van der Waals surface area contributed by atoms with E-state index in [1.54, 1.807) is 18.2 Å². The largest absolute Gasteiger partial charge is 0.366 e. The van der Waals surface area contributed by atoms with Gasteiger partial charge in [0.1, 0.15) is 5.01 Å². The van der Waals surface area contributed by atoms with Gasteiger partial charge in [-0.25, -0.2) is 4.98 Å². The number of hydrogen-bond donors (Lipinski definition) is 1. The number of halogens is 2. The lowest BCUT2D eigenvalue weighted by atomic mass is 10.2. The first-order valence-electron chi connectivity index (χ1n) is 10.0. The molecule has 0 saturated carbocycles. The maximum absolute atomic E-state index is 12.0. The Labute approximate surface area is 194 Å². The molecule has 162 valence electrons. The molecule has 4 rings (SSSR count). The second-order valence-electron chi connectivity index (χ2n) is 7.54. The molecule has 0 radical (unpaired) electrons. The van der Waals surface area contributed by atoms with Crippen LogP contribution in [0.3, 0.4) is 0 Å². The number of amides is 2. The number of carbonyl (C=O) groups is 2. The monoisotopic (exact) mass is 476 g/mol. The van der Waals surface area contributed by atoms with Gasteiger partial charge >= 0.3 is 0 Å². The van der Waals surface area contributed by atoms with Gasteiger partial charge in [0, 0.05) is 47.7 Å². The average Bonchev–Trinajstić information content (AvgIpc) is 3.42. The second-order valence-corrected chi connectivity index (χ2v) is 9.25. The predicted molar refractivity (Wildman–Crippen MR) is 125 cm³/mol. The van der Waals surface area contributed by atoms with Crippen LogP contribution in [0.5, 0.6) is 0 Å². The number of rotatable bonds is 7. The van der Waals surface area contributed by atoms with Crippen molar-refractivity contribution in [2.75, 3.05) is 13.1 Å². The second kappa shape index (κ2) is 9.02. The molecule has 1 fully saturated rings. The van der Waals surface area contributed by atoms with Crippen LogP contribution < -0.4 is 5.73 Å². The molecule has 2 amide bonds. The van der Waals surface area contributed by atoms with Crippen molar-refractivity contribution in [1.82, 2.24) is 14.5 Å². The molecule has 3 aromatic rings. The molecule has 2 N–H and O–H groups in total. The third kappa shape index (κ3) is 4.49. The Balaban J connectivity index is 1.63. The fraction of sp³-hybridized carbons (Fsp3) is 0.318. The number of nitrogens with two attached hydrogens (primary N) is 1. The SMILES string of the molecule is Cc1c(C(N)=O)cc(-c2csc(-c3ccc(Cl)cc3Cl)n2)n1CCCN1CCCC1=O. The van der Waals surface area contributed by atoms with Gasteiger partial charge < -0.3 is 15.2 Å². The van der Waals surface area contributed by atoms with Gasteiger partial charge in [-0.1, -0.05) is 23.2 Å². The number of thiazole rings is 1. The van der Waals surface area contributed by atoms with Gasteiger partial charge in [-0.05, 0) is 44.0 Å². The van der Waals surface area contributed by atoms with E-state index >= 15 is 0 Å². The first-order chi connectivity index (χ1) is 14.8. The third-order valence-electron chi connectivity index (χ3n) is 5.54. The Morgan fingerprint density at radius 1 is 1.26 bits per heavy atom. The number of carbonyl (C=O) groups excluding carboxylic acids is 2. The van der Waals surface area contributed by atoms with Crippen molar-refractivity contribution >= 4 is 46.4 Å². The third-order valence-corrected chi connectivity index (χ3v) is 6.96. The van der Waals surface area contributed by atoms with Crippen molar-refractivity contribution in [1.29, 1.82) is 0 Å². The van der Waals surface area contributed by atoms with E-state index < -0.39 is 5.91 Å². The number of benzene rings is 1. The number of likely N-dealkylation sites (tertiary alicyclic amines) is 1. The molecule has 1 saturated heterocycles. The van der Waals surface area contributed by atoms with Crippen LogP contribution in [-0.2, 0) is 11.3 Å². The van der Waals surface area contributed by atoms with Crippen molar-refractivity contribution in [3.8, 4) is 22.0 Å². The number of nitrogens with zero attached hydrogens (tertiary/aromatic N) is 3. The molecule has 0 spiro atoms. The summed E-state index contributed by atoms with van der Waals surface area (Å²) in [5.74, 6) is -0.255. The molecule has 6 nitrogen and oxygen atoms in total. The molecule has 2 aromatic heterocycles. The van der Waals surface area contributed by atoms with E-state index in [0.29, 0.717) is 35.1 Å². The lowest BCUT2D eigenvalue weighted by Gasteiger charge is -2.17. The van der Waals surface area contributed by atoms with Crippen molar-refractivity contribution in [3.05, 3.63) is 50.9 Å². The fourth-order valence-electron chi connectivity index (χ4n) is 3.93. The van der Waals surface area contributed by atoms with Gasteiger partial charge in [0.05, 0.1) is 22.0 Å². The van der Waals surface area contributed by atoms with Gasteiger partial charge in [0.2, 0.25) is 5.91 Å². The van der Waals surface area contributed by atoms with Gasteiger partial charge in [-0.15, -0.1) is 11.3 Å². The smallest absolute Gasteiger partial charge is 0.250 e. The normalized spacial score (nSPS) is 13.9. The van der Waals surface area contributed by atoms with Crippen LogP contribution in [0.25, 0.3) is 22.0 Å². The van der Waals surface area contributed by atoms with Crippen molar-refractivity contribution in [2.24, 2.45) is 5.73 Å². The van der Waals surface area contributed by atoms with Crippen molar-refractivity contribution in [2.45, 2.75) is 32.7 Å². The minimum Gasteiger partial charge on any atom is -0.366 e. The van der Waals surface area contributed by atoms with E-state index in [9.17, 15) is 9.59 Å². The Morgan fingerprint density at radius 2 is 2.06 bits per heavy atom. The predicted octanol–water partition coefficient (Wildman–Crippen LogP) is 5.01. The van der Waals surface area contributed by atoms with Crippen LogP contribution >= 0.6 is 34.5 Å². The average molecular weight is 477 g/mol. The first-order valence-corrected chi connectivity index (χ1v) is 11.7. The molecule has 0 atom stereocenters. The zero-order valence-corrected chi connectivity index (χ0v) is 19.4.